The van der Waals surface area contributed by atoms with Gasteiger partial charge in [-0.2, -0.15) is 0 Å². The highest BCUT2D eigenvalue weighted by Gasteiger charge is 2.17. The Morgan fingerprint density at radius 3 is 2.59 bits per heavy atom. The molecule has 7 nitrogen and oxygen atoms in total. The average Bonchev–Trinajstić information content (AvgIpc) is 3.50. The van der Waals surface area contributed by atoms with E-state index in [0.717, 1.165) is 11.5 Å². The highest BCUT2D eigenvalue weighted by molar-refractivity contribution is 7.99. The van der Waals surface area contributed by atoms with Crippen molar-refractivity contribution < 1.29 is 14.3 Å². The van der Waals surface area contributed by atoms with E-state index in [-0.39, 0.29) is 11.7 Å². The van der Waals surface area contributed by atoms with E-state index in [1.165, 1.54) is 16.6 Å². The zero-order valence-electron chi connectivity index (χ0n) is 19.1. The lowest BCUT2D eigenvalue weighted by Gasteiger charge is -2.14. The Balaban J connectivity index is 1.51. The smallest absolute Gasteiger partial charge is 0.234 e. The summed E-state index contributed by atoms with van der Waals surface area (Å²) in [5.41, 5.74) is 1.55. The van der Waals surface area contributed by atoms with Gasteiger partial charge >= 0.3 is 0 Å². The third-order valence-electron chi connectivity index (χ3n) is 4.80. The van der Waals surface area contributed by atoms with E-state index in [1.54, 1.807) is 23.5 Å². The highest BCUT2D eigenvalue weighted by atomic mass is 32.2. The molecule has 4 aromatic rings. The number of thiophene rings is 1. The van der Waals surface area contributed by atoms with Gasteiger partial charge in [0.15, 0.2) is 5.16 Å². The summed E-state index contributed by atoms with van der Waals surface area (Å²) in [5.74, 6) is 2.13. The van der Waals surface area contributed by atoms with Crippen LogP contribution in [0, 0.1) is 0 Å². The van der Waals surface area contributed by atoms with Crippen molar-refractivity contribution in [2.45, 2.75) is 25.4 Å². The zero-order valence-corrected chi connectivity index (χ0v) is 20.7. The predicted molar refractivity (Wildman–Crippen MR) is 137 cm³/mol. The Morgan fingerprint density at radius 2 is 1.85 bits per heavy atom. The van der Waals surface area contributed by atoms with Gasteiger partial charge in [0, 0.05) is 23.1 Å². The second-order valence-electron chi connectivity index (χ2n) is 7.19. The Morgan fingerprint density at radius 1 is 1.03 bits per heavy atom. The lowest BCUT2D eigenvalue weighted by Crippen LogP contribution is -2.15. The number of hydrogen-bond donors (Lipinski definition) is 1. The highest BCUT2D eigenvalue weighted by Crippen LogP contribution is 2.30. The maximum absolute atomic E-state index is 12.8. The third kappa shape index (κ3) is 5.98. The van der Waals surface area contributed by atoms with Gasteiger partial charge < -0.3 is 14.8 Å². The summed E-state index contributed by atoms with van der Waals surface area (Å²) in [6, 6.07) is 19.5. The van der Waals surface area contributed by atoms with Crippen LogP contribution in [0.5, 0.6) is 11.5 Å². The molecule has 176 valence electrons. The summed E-state index contributed by atoms with van der Waals surface area (Å²) in [5, 5.41) is 14.5. The molecule has 0 fully saturated rings. The van der Waals surface area contributed by atoms with Gasteiger partial charge in [-0.1, -0.05) is 36.0 Å². The molecule has 1 amide bonds. The molecule has 2 heterocycles. The van der Waals surface area contributed by atoms with Gasteiger partial charge in [0.25, 0.3) is 0 Å². The Hall–Kier alpha value is -3.30. The van der Waals surface area contributed by atoms with Crippen molar-refractivity contribution in [3.05, 3.63) is 76.7 Å². The molecule has 34 heavy (non-hydrogen) atoms. The molecule has 1 N–H and O–H groups in total. The molecule has 9 heteroatoms. The topological polar surface area (TPSA) is 78.3 Å². The number of carbonyl (C=O) groups excluding carboxylic acids is 1. The van der Waals surface area contributed by atoms with E-state index in [9.17, 15) is 4.79 Å². The number of rotatable bonds is 11. The Labute approximate surface area is 207 Å². The molecule has 0 bridgehead atoms. The number of amides is 1. The molecular formula is C25H26N4O3S2. The number of aromatic nitrogens is 3. The van der Waals surface area contributed by atoms with Gasteiger partial charge in [-0.25, -0.2) is 0 Å². The number of nitrogens with one attached hydrogen (secondary N) is 1. The fourth-order valence-corrected chi connectivity index (χ4v) is 4.85. The van der Waals surface area contributed by atoms with Crippen LogP contribution in [0.1, 0.15) is 24.5 Å². The average molecular weight is 495 g/mol. The van der Waals surface area contributed by atoms with Crippen molar-refractivity contribution in [2.75, 3.05) is 24.3 Å². The molecule has 0 spiro atoms. The van der Waals surface area contributed by atoms with E-state index >= 15 is 0 Å². The minimum Gasteiger partial charge on any atom is -0.494 e. The summed E-state index contributed by atoms with van der Waals surface area (Å²) in [7, 11) is 0. The number of para-hydroxylation sites is 1. The van der Waals surface area contributed by atoms with Crippen LogP contribution >= 0.6 is 23.1 Å². The first-order valence-electron chi connectivity index (χ1n) is 11.0. The summed E-state index contributed by atoms with van der Waals surface area (Å²) in [4.78, 5) is 14.0. The molecule has 0 atom stereocenters. The van der Waals surface area contributed by atoms with Crippen LogP contribution < -0.4 is 14.8 Å². The second-order valence-corrected chi connectivity index (χ2v) is 9.16. The van der Waals surface area contributed by atoms with Gasteiger partial charge in [-0.15, -0.1) is 21.5 Å². The maximum atomic E-state index is 12.8. The summed E-state index contributed by atoms with van der Waals surface area (Å²) in [6.45, 7) is 4.86. The van der Waals surface area contributed by atoms with Crippen molar-refractivity contribution in [2.24, 2.45) is 0 Å². The molecular weight excluding hydrogens is 468 g/mol. The summed E-state index contributed by atoms with van der Waals surface area (Å²) < 4.78 is 13.2. The monoisotopic (exact) mass is 494 g/mol. The zero-order chi connectivity index (χ0) is 23.8. The first-order chi connectivity index (χ1) is 16.7. The van der Waals surface area contributed by atoms with Crippen LogP contribution in [0.2, 0.25) is 0 Å². The predicted octanol–water partition coefficient (Wildman–Crippen LogP) is 5.45. The van der Waals surface area contributed by atoms with Crippen LogP contribution in [0.4, 0.5) is 5.69 Å². The van der Waals surface area contributed by atoms with Gasteiger partial charge in [0.05, 0.1) is 24.7 Å². The number of benzene rings is 2. The molecule has 2 aromatic carbocycles. The fourth-order valence-electron chi connectivity index (χ4n) is 3.37. The van der Waals surface area contributed by atoms with Gasteiger partial charge in [-0.3, -0.25) is 9.36 Å². The van der Waals surface area contributed by atoms with Gasteiger partial charge in [0.1, 0.15) is 17.3 Å². The third-order valence-corrected chi connectivity index (χ3v) is 6.60. The van der Waals surface area contributed by atoms with Crippen molar-refractivity contribution >= 4 is 34.7 Å². The second kappa shape index (κ2) is 11.7. The molecule has 0 aliphatic heterocycles. The number of hydrogen-bond acceptors (Lipinski definition) is 7. The summed E-state index contributed by atoms with van der Waals surface area (Å²) >= 11 is 3.03. The number of carbonyl (C=O) groups is 1. The quantitative estimate of drug-likeness (QED) is 0.280. The standard InChI is InChI=1S/C25H26N4O3S2/c1-3-31-19-12-13-22(32-4-2)21(15-19)26-24(30)17-34-25-28-27-23(16-20-11-8-14-33-20)29(25)18-9-6-5-7-10-18/h5-15H,3-4,16-17H2,1-2H3,(H,26,30). The lowest BCUT2D eigenvalue weighted by molar-refractivity contribution is -0.113. The molecule has 0 radical (unpaired) electrons. The number of ether oxygens (including phenoxy) is 2. The van der Waals surface area contributed by atoms with Crippen LogP contribution in [0.25, 0.3) is 5.69 Å². The van der Waals surface area contributed by atoms with E-state index < -0.39 is 0 Å². The largest absolute Gasteiger partial charge is 0.494 e. The lowest BCUT2D eigenvalue weighted by atomic mass is 10.2. The normalized spacial score (nSPS) is 10.8. The molecule has 0 aliphatic rings. The first-order valence-corrected chi connectivity index (χ1v) is 12.9. The molecule has 0 saturated heterocycles. The van der Waals surface area contributed by atoms with Gasteiger partial charge in [0.2, 0.25) is 5.91 Å². The van der Waals surface area contributed by atoms with Crippen LogP contribution in [0.3, 0.4) is 0 Å². The van der Waals surface area contributed by atoms with Crippen molar-refractivity contribution in [1.29, 1.82) is 0 Å². The van der Waals surface area contributed by atoms with Crippen molar-refractivity contribution in [3.8, 4) is 17.2 Å². The molecule has 0 saturated carbocycles. The van der Waals surface area contributed by atoms with Crippen LogP contribution in [-0.4, -0.2) is 39.6 Å². The molecule has 0 unspecified atom stereocenters. The Kier molecular flexibility index (Phi) is 8.21. The SMILES string of the molecule is CCOc1ccc(OCC)c(NC(=O)CSc2nnc(Cc3cccs3)n2-c2ccccc2)c1. The van der Waals surface area contributed by atoms with Gasteiger partial charge in [-0.05, 0) is 49.6 Å². The van der Waals surface area contributed by atoms with E-state index in [4.69, 9.17) is 9.47 Å². The fraction of sp³-hybridized carbons (Fsp3) is 0.240. The first kappa shape index (κ1) is 23.8. The summed E-state index contributed by atoms with van der Waals surface area (Å²) in [6.07, 6.45) is 0.675. The molecule has 2 aromatic heterocycles. The van der Waals surface area contributed by atoms with E-state index in [1.807, 2.05) is 60.9 Å². The number of thioether (sulfide) groups is 1. The molecule has 0 aliphatic carbocycles. The van der Waals surface area contributed by atoms with Crippen LogP contribution in [-0.2, 0) is 11.2 Å². The minimum atomic E-state index is -0.165. The van der Waals surface area contributed by atoms with Crippen molar-refractivity contribution in [1.82, 2.24) is 14.8 Å². The van der Waals surface area contributed by atoms with E-state index in [0.29, 0.717) is 42.0 Å². The Bertz CT molecular complexity index is 1210. The van der Waals surface area contributed by atoms with E-state index in [2.05, 4.69) is 27.0 Å². The number of anilines is 1. The minimum absolute atomic E-state index is 0.165. The van der Waals surface area contributed by atoms with Crippen molar-refractivity contribution in [3.63, 3.8) is 0 Å². The number of nitrogens with zero attached hydrogens (tertiary/aromatic N) is 3. The molecule has 4 rings (SSSR count). The van der Waals surface area contributed by atoms with Crippen LogP contribution in [0.15, 0.2) is 71.2 Å². The maximum Gasteiger partial charge on any atom is 0.234 e.